The smallest absolute Gasteiger partial charge is 0.144 e. The maximum Gasteiger partial charge on any atom is 0.144 e. The molecule has 2 heteroatoms. The first-order chi connectivity index (χ1) is 8.85. The Hall–Kier alpha value is -2.22. The van der Waals surface area contributed by atoms with E-state index >= 15 is 0 Å². The molecule has 0 aliphatic heterocycles. The van der Waals surface area contributed by atoms with Crippen LogP contribution in [0.2, 0.25) is 0 Å². The quantitative estimate of drug-likeness (QED) is 0.723. The van der Waals surface area contributed by atoms with Crippen LogP contribution in [-0.4, -0.2) is 7.05 Å². The van der Waals surface area contributed by atoms with E-state index in [2.05, 4.69) is 35.7 Å². The van der Waals surface area contributed by atoms with Crippen molar-refractivity contribution < 1.29 is 4.42 Å². The van der Waals surface area contributed by atoms with Gasteiger partial charge in [0.15, 0.2) is 0 Å². The van der Waals surface area contributed by atoms with Gasteiger partial charge in [0, 0.05) is 29.1 Å². The fraction of sp³-hybridized carbons (Fsp3) is 0.125. The van der Waals surface area contributed by atoms with Gasteiger partial charge in [-0.1, -0.05) is 36.4 Å². The molecule has 0 fully saturated rings. The number of allylic oxidation sites excluding steroid dienone is 1. The highest BCUT2D eigenvalue weighted by molar-refractivity contribution is 6.07. The molecular weight excluding hydrogens is 222 g/mol. The molecule has 2 nitrogen and oxygen atoms in total. The lowest BCUT2D eigenvalue weighted by atomic mass is 10.1. The van der Waals surface area contributed by atoms with E-state index in [1.54, 1.807) is 0 Å². The Labute approximate surface area is 106 Å². The Bertz CT molecular complexity index is 737. The van der Waals surface area contributed by atoms with Crippen LogP contribution in [0.1, 0.15) is 12.5 Å². The van der Waals surface area contributed by atoms with Gasteiger partial charge in [0.25, 0.3) is 0 Å². The van der Waals surface area contributed by atoms with Crippen molar-refractivity contribution in [3.63, 3.8) is 0 Å². The molecule has 0 saturated carbocycles. The molecule has 0 aliphatic carbocycles. The number of para-hydroxylation sites is 2. The molecule has 0 bridgehead atoms. The topological polar surface area (TPSA) is 25.2 Å². The highest BCUT2D eigenvalue weighted by Gasteiger charge is 2.11. The minimum absolute atomic E-state index is 0.937. The molecule has 2 aromatic carbocycles. The number of furan rings is 1. The van der Waals surface area contributed by atoms with Crippen LogP contribution >= 0.6 is 0 Å². The van der Waals surface area contributed by atoms with Gasteiger partial charge in [-0.3, -0.25) is 0 Å². The Balaban J connectivity index is 2.41. The minimum atomic E-state index is 0.937. The van der Waals surface area contributed by atoms with Gasteiger partial charge in [-0.25, -0.2) is 0 Å². The summed E-state index contributed by atoms with van der Waals surface area (Å²) in [6.45, 7) is 2.02. The fourth-order valence-electron chi connectivity index (χ4n) is 2.39. The monoisotopic (exact) mass is 237 g/mol. The van der Waals surface area contributed by atoms with E-state index in [1.807, 2.05) is 32.2 Å². The van der Waals surface area contributed by atoms with E-state index < -0.39 is 0 Å². The van der Waals surface area contributed by atoms with E-state index in [4.69, 9.17) is 4.42 Å². The molecule has 3 aromatic rings. The van der Waals surface area contributed by atoms with Crippen molar-refractivity contribution in [1.82, 2.24) is 5.32 Å². The molecule has 0 unspecified atom stereocenters. The van der Waals surface area contributed by atoms with Crippen LogP contribution in [0.25, 0.3) is 27.6 Å². The van der Waals surface area contributed by atoms with E-state index in [1.165, 1.54) is 5.39 Å². The molecule has 0 radical (unpaired) electrons. The second kappa shape index (κ2) is 4.22. The molecular formula is C16H15NO. The first-order valence-electron chi connectivity index (χ1n) is 6.10. The van der Waals surface area contributed by atoms with Crippen molar-refractivity contribution in [2.75, 3.05) is 7.05 Å². The normalized spacial score (nSPS) is 12.2. The Kier molecular flexibility index (Phi) is 2.56. The van der Waals surface area contributed by atoms with Crippen LogP contribution in [0.3, 0.4) is 0 Å². The Morgan fingerprint density at radius 1 is 1.06 bits per heavy atom. The van der Waals surface area contributed by atoms with Crippen molar-refractivity contribution in [1.29, 1.82) is 0 Å². The van der Waals surface area contributed by atoms with Gasteiger partial charge >= 0.3 is 0 Å². The number of hydrogen-bond acceptors (Lipinski definition) is 2. The lowest BCUT2D eigenvalue weighted by molar-refractivity contribution is 0.667. The van der Waals surface area contributed by atoms with Gasteiger partial charge < -0.3 is 9.73 Å². The first-order valence-corrected chi connectivity index (χ1v) is 6.10. The number of fused-ring (bicyclic) bond motifs is 3. The maximum absolute atomic E-state index is 5.99. The molecule has 90 valence electrons. The molecule has 0 saturated heterocycles. The molecule has 0 atom stereocenters. The summed E-state index contributed by atoms with van der Waals surface area (Å²) >= 11 is 0. The second-order valence-corrected chi connectivity index (χ2v) is 4.23. The highest BCUT2D eigenvalue weighted by Crippen LogP contribution is 2.32. The lowest BCUT2D eigenvalue weighted by Gasteiger charge is -2.06. The summed E-state index contributed by atoms with van der Waals surface area (Å²) in [4.78, 5) is 0. The third-order valence-corrected chi connectivity index (χ3v) is 3.25. The molecule has 0 spiro atoms. The standard InChI is InChI=1S/C16H15NO/c1-3-14(17-2)13-9-6-8-12-11-7-4-5-10-15(11)18-16(12)13/h3-10,17H,1-2H3/b14-3-. The molecule has 1 N–H and O–H groups in total. The molecule has 0 aliphatic rings. The summed E-state index contributed by atoms with van der Waals surface area (Å²) in [6, 6.07) is 14.4. The number of benzene rings is 2. The van der Waals surface area contributed by atoms with Crippen LogP contribution in [0.4, 0.5) is 0 Å². The molecule has 18 heavy (non-hydrogen) atoms. The highest BCUT2D eigenvalue weighted by atomic mass is 16.3. The summed E-state index contributed by atoms with van der Waals surface area (Å²) in [5, 5.41) is 5.54. The van der Waals surface area contributed by atoms with E-state index in [-0.39, 0.29) is 0 Å². The Morgan fingerprint density at radius 3 is 2.61 bits per heavy atom. The number of nitrogens with one attached hydrogen (secondary N) is 1. The van der Waals surface area contributed by atoms with Crippen molar-refractivity contribution in [3.8, 4) is 0 Å². The molecule has 1 heterocycles. The van der Waals surface area contributed by atoms with Crippen LogP contribution in [0.5, 0.6) is 0 Å². The molecule has 1 aromatic heterocycles. The van der Waals surface area contributed by atoms with Gasteiger partial charge in [0.2, 0.25) is 0 Å². The molecule has 3 rings (SSSR count). The lowest BCUT2D eigenvalue weighted by Crippen LogP contribution is -2.04. The average molecular weight is 237 g/mol. The van der Waals surface area contributed by atoms with Crippen molar-refractivity contribution >= 4 is 27.6 Å². The zero-order chi connectivity index (χ0) is 12.5. The fourth-order valence-corrected chi connectivity index (χ4v) is 2.39. The van der Waals surface area contributed by atoms with Crippen molar-refractivity contribution in [3.05, 3.63) is 54.1 Å². The summed E-state index contributed by atoms with van der Waals surface area (Å²) in [5.41, 5.74) is 4.07. The van der Waals surface area contributed by atoms with Crippen molar-refractivity contribution in [2.24, 2.45) is 0 Å². The van der Waals surface area contributed by atoms with Crippen LogP contribution in [-0.2, 0) is 0 Å². The third kappa shape index (κ3) is 1.50. The maximum atomic E-state index is 5.99. The first kappa shape index (κ1) is 10.9. The van der Waals surface area contributed by atoms with Gasteiger partial charge in [0.05, 0.1) is 0 Å². The zero-order valence-corrected chi connectivity index (χ0v) is 10.5. The largest absolute Gasteiger partial charge is 0.455 e. The van der Waals surface area contributed by atoms with Crippen molar-refractivity contribution in [2.45, 2.75) is 6.92 Å². The van der Waals surface area contributed by atoms with Gasteiger partial charge in [-0.2, -0.15) is 0 Å². The van der Waals surface area contributed by atoms with Crippen LogP contribution < -0.4 is 5.32 Å². The van der Waals surface area contributed by atoms with E-state index in [0.29, 0.717) is 0 Å². The van der Waals surface area contributed by atoms with Crippen LogP contribution in [0, 0.1) is 0 Å². The van der Waals surface area contributed by atoms with Crippen LogP contribution in [0.15, 0.2) is 53.0 Å². The predicted octanol–water partition coefficient (Wildman–Crippen LogP) is 4.17. The predicted molar refractivity (Wildman–Crippen MR) is 76.4 cm³/mol. The SMILES string of the molecule is C/C=C(\NC)c1cccc2c1oc1ccccc12. The molecule has 0 amide bonds. The van der Waals surface area contributed by atoms with E-state index in [0.717, 1.165) is 27.8 Å². The minimum Gasteiger partial charge on any atom is -0.455 e. The summed E-state index contributed by atoms with van der Waals surface area (Å²) in [6.07, 6.45) is 2.06. The zero-order valence-electron chi connectivity index (χ0n) is 10.5. The summed E-state index contributed by atoms with van der Waals surface area (Å²) in [7, 11) is 1.93. The average Bonchev–Trinajstić information content (AvgIpc) is 2.80. The summed E-state index contributed by atoms with van der Waals surface area (Å²) in [5.74, 6) is 0. The van der Waals surface area contributed by atoms with Gasteiger partial charge in [0.1, 0.15) is 11.2 Å². The van der Waals surface area contributed by atoms with Gasteiger partial charge in [-0.05, 0) is 19.1 Å². The second-order valence-electron chi connectivity index (χ2n) is 4.23. The number of rotatable bonds is 2. The Morgan fingerprint density at radius 2 is 1.83 bits per heavy atom. The third-order valence-electron chi connectivity index (χ3n) is 3.25. The van der Waals surface area contributed by atoms with E-state index in [9.17, 15) is 0 Å². The summed E-state index contributed by atoms with van der Waals surface area (Å²) < 4.78 is 5.99. The number of hydrogen-bond donors (Lipinski definition) is 1. The van der Waals surface area contributed by atoms with Gasteiger partial charge in [-0.15, -0.1) is 0 Å².